The van der Waals surface area contributed by atoms with Crippen LogP contribution in [0.4, 0.5) is 17.5 Å². The Morgan fingerprint density at radius 1 is 1.35 bits per heavy atom. The SMILES string of the molecule is COC(=O)c1cccc(Nc2nncc(NCCC(C)C)n2)c1. The fourth-order valence-corrected chi connectivity index (χ4v) is 1.90. The number of benzene rings is 1. The molecule has 1 heterocycles. The molecule has 0 aliphatic carbocycles. The number of carbonyl (C=O) groups is 1. The molecule has 0 amide bonds. The van der Waals surface area contributed by atoms with Crippen molar-refractivity contribution in [2.45, 2.75) is 20.3 Å². The maximum absolute atomic E-state index is 11.5. The van der Waals surface area contributed by atoms with Crippen LogP contribution in [0.15, 0.2) is 30.5 Å². The number of anilines is 3. The van der Waals surface area contributed by atoms with Gasteiger partial charge >= 0.3 is 5.97 Å². The van der Waals surface area contributed by atoms with Gasteiger partial charge in [-0.2, -0.15) is 10.1 Å². The van der Waals surface area contributed by atoms with Gasteiger partial charge in [-0.25, -0.2) is 4.79 Å². The van der Waals surface area contributed by atoms with E-state index in [0.29, 0.717) is 28.9 Å². The molecule has 0 radical (unpaired) electrons. The molecular formula is C16H21N5O2. The van der Waals surface area contributed by atoms with Gasteiger partial charge in [-0.05, 0) is 30.5 Å². The van der Waals surface area contributed by atoms with Gasteiger partial charge in [0.15, 0.2) is 5.82 Å². The van der Waals surface area contributed by atoms with Crippen molar-refractivity contribution in [1.29, 1.82) is 0 Å². The Labute approximate surface area is 135 Å². The molecule has 0 unspecified atom stereocenters. The van der Waals surface area contributed by atoms with Crippen molar-refractivity contribution >= 4 is 23.4 Å². The first-order chi connectivity index (χ1) is 11.1. The summed E-state index contributed by atoms with van der Waals surface area (Å²) >= 11 is 0. The first kappa shape index (κ1) is 16.7. The van der Waals surface area contributed by atoms with E-state index in [9.17, 15) is 4.79 Å². The van der Waals surface area contributed by atoms with Gasteiger partial charge in [0.05, 0.1) is 18.9 Å². The van der Waals surface area contributed by atoms with Crippen LogP contribution in [0.5, 0.6) is 0 Å². The third-order valence-electron chi connectivity index (χ3n) is 3.13. The average molecular weight is 315 g/mol. The average Bonchev–Trinajstić information content (AvgIpc) is 2.54. The van der Waals surface area contributed by atoms with Crippen molar-refractivity contribution in [2.24, 2.45) is 5.92 Å². The van der Waals surface area contributed by atoms with E-state index in [1.165, 1.54) is 7.11 Å². The summed E-state index contributed by atoms with van der Waals surface area (Å²) in [4.78, 5) is 15.9. The second kappa shape index (κ2) is 8.07. The molecule has 1 aromatic heterocycles. The summed E-state index contributed by atoms with van der Waals surface area (Å²) in [7, 11) is 1.35. The maximum atomic E-state index is 11.5. The summed E-state index contributed by atoms with van der Waals surface area (Å²) < 4.78 is 4.70. The van der Waals surface area contributed by atoms with Crippen molar-refractivity contribution in [3.63, 3.8) is 0 Å². The molecule has 7 nitrogen and oxygen atoms in total. The van der Waals surface area contributed by atoms with Crippen LogP contribution in [0, 0.1) is 5.92 Å². The van der Waals surface area contributed by atoms with Gasteiger partial charge in [0.1, 0.15) is 0 Å². The fraction of sp³-hybridized carbons (Fsp3) is 0.375. The zero-order chi connectivity index (χ0) is 16.7. The summed E-state index contributed by atoms with van der Waals surface area (Å²) in [5, 5.41) is 14.1. The van der Waals surface area contributed by atoms with Gasteiger partial charge in [-0.1, -0.05) is 19.9 Å². The molecule has 0 bridgehead atoms. The van der Waals surface area contributed by atoms with Crippen LogP contribution < -0.4 is 10.6 Å². The largest absolute Gasteiger partial charge is 0.465 e. The van der Waals surface area contributed by atoms with Gasteiger partial charge < -0.3 is 15.4 Å². The summed E-state index contributed by atoms with van der Waals surface area (Å²) in [6.07, 6.45) is 2.63. The molecule has 2 N–H and O–H groups in total. The number of esters is 1. The lowest BCUT2D eigenvalue weighted by molar-refractivity contribution is 0.0601. The van der Waals surface area contributed by atoms with Gasteiger partial charge in [-0.15, -0.1) is 5.10 Å². The standard InChI is InChI=1S/C16H21N5O2/c1-11(2)7-8-17-14-10-18-21-16(20-14)19-13-6-4-5-12(9-13)15(22)23-3/h4-6,9-11H,7-8H2,1-3H3,(H2,17,19,20,21). The molecule has 0 aliphatic heterocycles. The van der Waals surface area contributed by atoms with Crippen LogP contribution in [-0.4, -0.2) is 34.8 Å². The predicted molar refractivity (Wildman–Crippen MR) is 88.8 cm³/mol. The molecule has 0 saturated carbocycles. The van der Waals surface area contributed by atoms with E-state index in [1.54, 1.807) is 24.4 Å². The third kappa shape index (κ3) is 5.21. The number of nitrogens with one attached hydrogen (secondary N) is 2. The van der Waals surface area contributed by atoms with E-state index < -0.39 is 5.97 Å². The molecule has 0 atom stereocenters. The zero-order valence-corrected chi connectivity index (χ0v) is 13.5. The van der Waals surface area contributed by atoms with Gasteiger partial charge in [0, 0.05) is 12.2 Å². The smallest absolute Gasteiger partial charge is 0.337 e. The van der Waals surface area contributed by atoms with Crippen LogP contribution in [0.3, 0.4) is 0 Å². The summed E-state index contributed by atoms with van der Waals surface area (Å²) in [6.45, 7) is 5.16. The van der Waals surface area contributed by atoms with Crippen molar-refractivity contribution in [3.05, 3.63) is 36.0 Å². The molecule has 23 heavy (non-hydrogen) atoms. The van der Waals surface area contributed by atoms with Gasteiger partial charge in [0.25, 0.3) is 0 Å². The molecule has 1 aromatic carbocycles. The fourth-order valence-electron chi connectivity index (χ4n) is 1.90. The first-order valence-corrected chi connectivity index (χ1v) is 7.47. The Balaban J connectivity index is 2.04. The minimum Gasteiger partial charge on any atom is -0.465 e. The monoisotopic (exact) mass is 315 g/mol. The molecule has 0 saturated heterocycles. The Bertz CT molecular complexity index is 660. The Hall–Kier alpha value is -2.70. The van der Waals surface area contributed by atoms with Crippen molar-refractivity contribution in [2.75, 3.05) is 24.3 Å². The van der Waals surface area contributed by atoms with E-state index in [0.717, 1.165) is 13.0 Å². The molecule has 0 fully saturated rings. The Morgan fingerprint density at radius 3 is 2.91 bits per heavy atom. The second-order valence-electron chi connectivity index (χ2n) is 5.47. The summed E-state index contributed by atoms with van der Waals surface area (Å²) in [5.41, 5.74) is 1.14. The van der Waals surface area contributed by atoms with Crippen LogP contribution in [-0.2, 0) is 4.74 Å². The normalized spacial score (nSPS) is 10.4. The summed E-state index contributed by atoms with van der Waals surface area (Å²) in [5.74, 6) is 1.25. The van der Waals surface area contributed by atoms with Crippen LogP contribution in [0.1, 0.15) is 30.6 Å². The van der Waals surface area contributed by atoms with Crippen LogP contribution in [0.25, 0.3) is 0 Å². The molecule has 2 aromatic rings. The van der Waals surface area contributed by atoms with Gasteiger partial charge in [0.2, 0.25) is 5.95 Å². The molecule has 7 heteroatoms. The van der Waals surface area contributed by atoms with Crippen molar-refractivity contribution in [3.8, 4) is 0 Å². The zero-order valence-electron chi connectivity index (χ0n) is 13.5. The number of hydrogen-bond acceptors (Lipinski definition) is 7. The number of carbonyl (C=O) groups excluding carboxylic acids is 1. The topological polar surface area (TPSA) is 89.0 Å². The number of ether oxygens (including phenoxy) is 1. The number of rotatable bonds is 7. The molecule has 2 rings (SSSR count). The molecular weight excluding hydrogens is 294 g/mol. The van der Waals surface area contributed by atoms with E-state index >= 15 is 0 Å². The highest BCUT2D eigenvalue weighted by atomic mass is 16.5. The van der Waals surface area contributed by atoms with E-state index in [1.807, 2.05) is 6.07 Å². The number of hydrogen-bond donors (Lipinski definition) is 2. The second-order valence-corrected chi connectivity index (χ2v) is 5.47. The van der Waals surface area contributed by atoms with E-state index in [4.69, 9.17) is 4.74 Å². The van der Waals surface area contributed by atoms with Crippen molar-refractivity contribution < 1.29 is 9.53 Å². The minimum atomic E-state index is -0.392. The number of methoxy groups -OCH3 is 1. The molecule has 122 valence electrons. The van der Waals surface area contributed by atoms with Gasteiger partial charge in [-0.3, -0.25) is 0 Å². The summed E-state index contributed by atoms with van der Waals surface area (Å²) in [6, 6.07) is 6.93. The van der Waals surface area contributed by atoms with E-state index in [-0.39, 0.29) is 0 Å². The van der Waals surface area contributed by atoms with Crippen LogP contribution in [0.2, 0.25) is 0 Å². The van der Waals surface area contributed by atoms with Crippen molar-refractivity contribution in [1.82, 2.24) is 15.2 Å². The highest BCUT2D eigenvalue weighted by Gasteiger charge is 2.07. The lowest BCUT2D eigenvalue weighted by atomic mass is 10.1. The Kier molecular flexibility index (Phi) is 5.85. The lowest BCUT2D eigenvalue weighted by Gasteiger charge is -2.09. The van der Waals surface area contributed by atoms with E-state index in [2.05, 4.69) is 39.7 Å². The minimum absolute atomic E-state index is 0.363. The Morgan fingerprint density at radius 2 is 2.17 bits per heavy atom. The maximum Gasteiger partial charge on any atom is 0.337 e. The predicted octanol–water partition coefficient (Wildman–Crippen LogP) is 2.86. The van der Waals surface area contributed by atoms with Crippen LogP contribution >= 0.6 is 0 Å². The highest BCUT2D eigenvalue weighted by molar-refractivity contribution is 5.90. The number of nitrogens with zero attached hydrogens (tertiary/aromatic N) is 3. The lowest BCUT2D eigenvalue weighted by Crippen LogP contribution is -2.08. The third-order valence-corrected chi connectivity index (χ3v) is 3.13. The molecule has 0 aliphatic rings. The quantitative estimate of drug-likeness (QED) is 0.759. The highest BCUT2D eigenvalue weighted by Crippen LogP contribution is 2.16. The molecule has 0 spiro atoms. The first-order valence-electron chi connectivity index (χ1n) is 7.47. The number of aromatic nitrogens is 3.